The summed E-state index contributed by atoms with van der Waals surface area (Å²) in [6, 6.07) is 9.18. The normalized spacial score (nSPS) is 10.0. The van der Waals surface area contributed by atoms with Gasteiger partial charge in [-0.05, 0) is 22.9 Å². The Morgan fingerprint density at radius 1 is 1.00 bits per heavy atom. The number of carboxylic acid groups (broad SMARTS) is 1. The summed E-state index contributed by atoms with van der Waals surface area (Å²) in [5.41, 5.74) is 0.246. The third-order valence-electron chi connectivity index (χ3n) is 2.53. The number of benzene rings is 2. The molecule has 18 heavy (non-hydrogen) atoms. The monoisotopic (exact) mass is 244 g/mol. The van der Waals surface area contributed by atoms with Crippen LogP contribution in [0.15, 0.2) is 36.4 Å². The lowest BCUT2D eigenvalue weighted by Gasteiger charge is -2.06. The number of carbonyl (C=O) groups excluding carboxylic acids is 2. The highest BCUT2D eigenvalue weighted by atomic mass is 16.6. The maximum absolute atomic E-state index is 11.5. The number of ether oxygens (including phenoxy) is 1. The molecule has 0 atom stereocenters. The van der Waals surface area contributed by atoms with Crippen LogP contribution in [0.1, 0.15) is 20.7 Å². The van der Waals surface area contributed by atoms with Gasteiger partial charge in [-0.2, -0.15) is 0 Å². The minimum atomic E-state index is -1.08. The summed E-state index contributed by atoms with van der Waals surface area (Å²) in [5.74, 6) is -1.89. The van der Waals surface area contributed by atoms with E-state index in [4.69, 9.17) is 5.11 Å². The van der Waals surface area contributed by atoms with Gasteiger partial charge >= 0.3 is 18.4 Å². The molecule has 0 saturated heterocycles. The van der Waals surface area contributed by atoms with Crippen LogP contribution >= 0.6 is 0 Å². The topological polar surface area (TPSA) is 80.7 Å². The Morgan fingerprint density at radius 3 is 2.11 bits per heavy atom. The van der Waals surface area contributed by atoms with Gasteiger partial charge in [0, 0.05) is 0 Å². The predicted molar refractivity (Wildman–Crippen MR) is 62.4 cm³/mol. The summed E-state index contributed by atoms with van der Waals surface area (Å²) in [6.07, 6.45) is 0. The van der Waals surface area contributed by atoms with Crippen LogP contribution in [-0.4, -0.2) is 23.5 Å². The van der Waals surface area contributed by atoms with E-state index in [0.29, 0.717) is 10.8 Å². The van der Waals surface area contributed by atoms with E-state index in [1.807, 2.05) is 0 Å². The molecule has 0 saturated carbocycles. The average Bonchev–Trinajstić information content (AvgIpc) is 2.37. The van der Waals surface area contributed by atoms with Crippen molar-refractivity contribution in [1.82, 2.24) is 0 Å². The van der Waals surface area contributed by atoms with Gasteiger partial charge in [0.15, 0.2) is 0 Å². The van der Waals surface area contributed by atoms with Crippen molar-refractivity contribution in [3.05, 3.63) is 47.5 Å². The molecule has 1 N–H and O–H groups in total. The van der Waals surface area contributed by atoms with Crippen molar-refractivity contribution in [2.45, 2.75) is 0 Å². The summed E-state index contributed by atoms with van der Waals surface area (Å²) in [5, 5.41) is 9.90. The molecule has 5 heteroatoms. The van der Waals surface area contributed by atoms with Gasteiger partial charge in [-0.15, -0.1) is 0 Å². The minimum Gasteiger partial charge on any atom is -0.478 e. The highest BCUT2D eigenvalue weighted by Crippen LogP contribution is 2.23. The van der Waals surface area contributed by atoms with Gasteiger partial charge in [0.1, 0.15) is 0 Å². The van der Waals surface area contributed by atoms with E-state index in [9.17, 15) is 14.4 Å². The van der Waals surface area contributed by atoms with Crippen LogP contribution < -0.4 is 0 Å². The number of hydrogen-bond donors (Lipinski definition) is 1. The number of carboxylic acids is 1. The standard InChI is InChI=1S/C13H8O5/c14-7-18-13(17)11-6-2-3-8-9(11)4-1-5-10(8)12(15)16/h1-7H,(H,15,16). The Balaban J connectivity index is 2.71. The second-order valence-corrected chi connectivity index (χ2v) is 3.51. The SMILES string of the molecule is O=COC(=O)c1cccc2c(C(=O)O)cccc12. The number of carbonyl (C=O) groups is 3. The summed E-state index contributed by atoms with van der Waals surface area (Å²) in [6.45, 7) is 0.0439. The number of aromatic carboxylic acids is 1. The number of fused-ring (bicyclic) bond motifs is 1. The number of rotatable bonds is 3. The fourth-order valence-corrected chi connectivity index (χ4v) is 1.78. The summed E-state index contributed by atoms with van der Waals surface area (Å²) in [4.78, 5) is 32.8. The fourth-order valence-electron chi connectivity index (χ4n) is 1.78. The van der Waals surface area contributed by atoms with Crippen molar-refractivity contribution >= 4 is 29.2 Å². The van der Waals surface area contributed by atoms with Crippen LogP contribution in [0, 0.1) is 0 Å². The molecule has 0 aliphatic heterocycles. The molecule has 0 bridgehead atoms. The van der Waals surface area contributed by atoms with Crippen molar-refractivity contribution < 1.29 is 24.2 Å². The van der Waals surface area contributed by atoms with Crippen molar-refractivity contribution in [2.24, 2.45) is 0 Å². The lowest BCUT2D eigenvalue weighted by atomic mass is 10.0. The second kappa shape index (κ2) is 4.67. The van der Waals surface area contributed by atoms with Crippen molar-refractivity contribution in [3.8, 4) is 0 Å². The van der Waals surface area contributed by atoms with Gasteiger partial charge < -0.3 is 9.84 Å². The molecule has 0 fully saturated rings. The zero-order chi connectivity index (χ0) is 13.1. The molecule has 0 heterocycles. The molecule has 2 rings (SSSR count). The van der Waals surface area contributed by atoms with E-state index in [0.717, 1.165) is 0 Å². The summed E-state index contributed by atoms with van der Waals surface area (Å²) >= 11 is 0. The van der Waals surface area contributed by atoms with E-state index in [1.165, 1.54) is 24.3 Å². The minimum absolute atomic E-state index is 0.0439. The molecule has 0 aliphatic rings. The largest absolute Gasteiger partial charge is 0.478 e. The Morgan fingerprint density at radius 2 is 1.56 bits per heavy atom. The van der Waals surface area contributed by atoms with E-state index < -0.39 is 11.9 Å². The first-order valence-electron chi connectivity index (χ1n) is 5.05. The first-order chi connectivity index (χ1) is 8.65. The van der Waals surface area contributed by atoms with E-state index in [-0.39, 0.29) is 17.6 Å². The van der Waals surface area contributed by atoms with Gasteiger partial charge in [-0.1, -0.05) is 24.3 Å². The van der Waals surface area contributed by atoms with E-state index in [2.05, 4.69) is 4.74 Å². The van der Waals surface area contributed by atoms with Crippen LogP contribution in [-0.2, 0) is 9.53 Å². The quantitative estimate of drug-likeness (QED) is 0.506. The molecule has 0 radical (unpaired) electrons. The molecular weight excluding hydrogens is 236 g/mol. The van der Waals surface area contributed by atoms with E-state index in [1.54, 1.807) is 12.1 Å². The van der Waals surface area contributed by atoms with Crippen LogP contribution in [0.2, 0.25) is 0 Å². The summed E-state index contributed by atoms with van der Waals surface area (Å²) < 4.78 is 4.27. The third-order valence-corrected chi connectivity index (χ3v) is 2.53. The number of hydrogen-bond acceptors (Lipinski definition) is 4. The fraction of sp³-hybridized carbons (Fsp3) is 0. The third kappa shape index (κ3) is 1.93. The molecule has 90 valence electrons. The number of esters is 1. The highest BCUT2D eigenvalue weighted by Gasteiger charge is 2.14. The second-order valence-electron chi connectivity index (χ2n) is 3.51. The molecular formula is C13H8O5. The maximum atomic E-state index is 11.5. The van der Waals surface area contributed by atoms with Gasteiger partial charge in [0.05, 0.1) is 11.1 Å². The zero-order valence-corrected chi connectivity index (χ0v) is 9.12. The van der Waals surface area contributed by atoms with Crippen molar-refractivity contribution in [1.29, 1.82) is 0 Å². The summed E-state index contributed by atoms with van der Waals surface area (Å²) in [7, 11) is 0. The van der Waals surface area contributed by atoms with Crippen LogP contribution in [0.5, 0.6) is 0 Å². The molecule has 2 aromatic rings. The lowest BCUT2D eigenvalue weighted by Crippen LogP contribution is -2.05. The van der Waals surface area contributed by atoms with E-state index >= 15 is 0 Å². The van der Waals surface area contributed by atoms with Gasteiger partial charge in [-0.3, -0.25) is 4.79 Å². The van der Waals surface area contributed by atoms with Crippen molar-refractivity contribution in [3.63, 3.8) is 0 Å². The van der Waals surface area contributed by atoms with Crippen LogP contribution in [0.3, 0.4) is 0 Å². The van der Waals surface area contributed by atoms with Gasteiger partial charge in [0.2, 0.25) is 0 Å². The first-order valence-corrected chi connectivity index (χ1v) is 5.05. The molecule has 0 aromatic heterocycles. The van der Waals surface area contributed by atoms with Crippen LogP contribution in [0.25, 0.3) is 10.8 Å². The molecule has 0 unspecified atom stereocenters. The molecule has 0 spiro atoms. The molecule has 0 aliphatic carbocycles. The maximum Gasteiger partial charge on any atom is 0.346 e. The smallest absolute Gasteiger partial charge is 0.346 e. The first kappa shape index (κ1) is 11.8. The predicted octanol–water partition coefficient (Wildman–Crippen LogP) is 1.85. The molecule has 5 nitrogen and oxygen atoms in total. The molecule has 2 aromatic carbocycles. The zero-order valence-electron chi connectivity index (χ0n) is 9.12. The molecule has 0 amide bonds. The Kier molecular flexibility index (Phi) is 3.05. The lowest BCUT2D eigenvalue weighted by molar-refractivity contribution is -0.123. The highest BCUT2D eigenvalue weighted by molar-refractivity contribution is 6.11. The Bertz CT molecular complexity index is 645. The van der Waals surface area contributed by atoms with Crippen molar-refractivity contribution in [2.75, 3.05) is 0 Å². The Labute approximate surface area is 102 Å². The van der Waals surface area contributed by atoms with Gasteiger partial charge in [0.25, 0.3) is 0 Å². The Hall–Kier alpha value is -2.69. The average molecular weight is 244 g/mol. The van der Waals surface area contributed by atoms with Crippen LogP contribution in [0.4, 0.5) is 0 Å². The van der Waals surface area contributed by atoms with Gasteiger partial charge in [-0.25, -0.2) is 9.59 Å².